The first-order valence-electron chi connectivity index (χ1n) is 8.43. The molecule has 3 rings (SSSR count). The summed E-state index contributed by atoms with van der Waals surface area (Å²) >= 11 is 1.78. The van der Waals surface area contributed by atoms with Gasteiger partial charge in [-0.05, 0) is 48.1 Å². The third-order valence-corrected chi connectivity index (χ3v) is 5.73. The predicted molar refractivity (Wildman–Crippen MR) is 101 cm³/mol. The topological polar surface area (TPSA) is 37.3 Å². The SMILES string of the molecule is O=C(O)C1=CCCCC1SCCc1ccc(-c2ccccc2)cc1. The Morgan fingerprint density at radius 2 is 1.75 bits per heavy atom. The fourth-order valence-electron chi connectivity index (χ4n) is 3.06. The molecule has 2 aromatic carbocycles. The van der Waals surface area contributed by atoms with Gasteiger partial charge >= 0.3 is 5.97 Å². The monoisotopic (exact) mass is 338 g/mol. The van der Waals surface area contributed by atoms with Crippen molar-refractivity contribution in [3.05, 3.63) is 71.8 Å². The molecule has 1 atom stereocenters. The van der Waals surface area contributed by atoms with E-state index in [2.05, 4.69) is 48.5 Å². The molecular formula is C21H22O2S. The molecule has 3 heteroatoms. The number of carbonyl (C=O) groups is 1. The molecule has 1 N–H and O–H groups in total. The van der Waals surface area contributed by atoms with E-state index in [0.717, 1.165) is 31.4 Å². The van der Waals surface area contributed by atoms with Gasteiger partial charge < -0.3 is 5.11 Å². The summed E-state index contributed by atoms with van der Waals surface area (Å²) in [5.41, 5.74) is 4.37. The average Bonchev–Trinajstić information content (AvgIpc) is 2.63. The summed E-state index contributed by atoms with van der Waals surface area (Å²) in [5, 5.41) is 9.43. The molecule has 1 aliphatic carbocycles. The van der Waals surface area contributed by atoms with Gasteiger partial charge in [0.1, 0.15) is 0 Å². The van der Waals surface area contributed by atoms with E-state index in [0.29, 0.717) is 5.57 Å². The highest BCUT2D eigenvalue weighted by molar-refractivity contribution is 8.00. The van der Waals surface area contributed by atoms with Crippen LogP contribution in [0.4, 0.5) is 0 Å². The van der Waals surface area contributed by atoms with Gasteiger partial charge in [0.05, 0.1) is 0 Å². The predicted octanol–water partition coefficient (Wildman–Crippen LogP) is 5.19. The van der Waals surface area contributed by atoms with Crippen molar-refractivity contribution < 1.29 is 9.90 Å². The Bertz CT molecular complexity index is 704. The van der Waals surface area contributed by atoms with Crippen LogP contribution in [0.25, 0.3) is 11.1 Å². The van der Waals surface area contributed by atoms with Crippen molar-refractivity contribution in [1.29, 1.82) is 0 Å². The lowest BCUT2D eigenvalue weighted by Gasteiger charge is -2.21. The number of aliphatic carboxylic acids is 1. The molecular weight excluding hydrogens is 316 g/mol. The molecule has 0 amide bonds. The number of thioether (sulfide) groups is 1. The van der Waals surface area contributed by atoms with Crippen LogP contribution in [0.5, 0.6) is 0 Å². The molecule has 0 fully saturated rings. The van der Waals surface area contributed by atoms with E-state index >= 15 is 0 Å². The van der Waals surface area contributed by atoms with E-state index in [9.17, 15) is 9.90 Å². The number of hydrogen-bond acceptors (Lipinski definition) is 2. The van der Waals surface area contributed by atoms with E-state index in [1.807, 2.05) is 12.1 Å². The first-order valence-corrected chi connectivity index (χ1v) is 9.48. The van der Waals surface area contributed by atoms with Crippen LogP contribution in [0.1, 0.15) is 24.8 Å². The minimum Gasteiger partial charge on any atom is -0.478 e. The third-order valence-electron chi connectivity index (χ3n) is 4.40. The number of hydrogen-bond donors (Lipinski definition) is 1. The Balaban J connectivity index is 1.55. The second-order valence-corrected chi connectivity index (χ2v) is 7.38. The van der Waals surface area contributed by atoms with Gasteiger partial charge in [0.25, 0.3) is 0 Å². The van der Waals surface area contributed by atoms with Gasteiger partial charge in [0.2, 0.25) is 0 Å². The standard InChI is InChI=1S/C21H22O2S/c22-21(23)19-8-4-5-9-20(19)24-15-14-16-10-12-18(13-11-16)17-6-2-1-3-7-17/h1-3,6-8,10-13,20H,4-5,9,14-15H2,(H,22,23). The number of carboxylic acid groups (broad SMARTS) is 1. The van der Waals surface area contributed by atoms with Crippen LogP contribution >= 0.6 is 11.8 Å². The number of carboxylic acids is 1. The molecule has 1 unspecified atom stereocenters. The van der Waals surface area contributed by atoms with Gasteiger partial charge in [-0.2, -0.15) is 11.8 Å². The van der Waals surface area contributed by atoms with Gasteiger partial charge in [-0.25, -0.2) is 4.79 Å². The quantitative estimate of drug-likeness (QED) is 0.787. The lowest BCUT2D eigenvalue weighted by molar-refractivity contribution is -0.132. The van der Waals surface area contributed by atoms with Crippen molar-refractivity contribution >= 4 is 17.7 Å². The summed E-state index contributed by atoms with van der Waals surface area (Å²) in [6.45, 7) is 0. The Kier molecular flexibility index (Phi) is 5.76. The fourth-order valence-corrected chi connectivity index (χ4v) is 4.41. The molecule has 1 aliphatic rings. The molecule has 0 heterocycles. The zero-order valence-electron chi connectivity index (χ0n) is 13.7. The van der Waals surface area contributed by atoms with Crippen molar-refractivity contribution in [2.75, 3.05) is 5.75 Å². The van der Waals surface area contributed by atoms with E-state index in [1.165, 1.54) is 16.7 Å². The summed E-state index contributed by atoms with van der Waals surface area (Å²) in [7, 11) is 0. The summed E-state index contributed by atoms with van der Waals surface area (Å²) in [5.74, 6) is 0.208. The molecule has 24 heavy (non-hydrogen) atoms. The summed E-state index contributed by atoms with van der Waals surface area (Å²) < 4.78 is 0. The molecule has 0 spiro atoms. The number of aryl methyl sites for hydroxylation is 1. The summed E-state index contributed by atoms with van der Waals surface area (Å²) in [4.78, 5) is 11.3. The Morgan fingerprint density at radius 1 is 1.04 bits per heavy atom. The maximum Gasteiger partial charge on any atom is 0.332 e. The molecule has 2 aromatic rings. The molecule has 0 aliphatic heterocycles. The van der Waals surface area contributed by atoms with Gasteiger partial charge in [-0.3, -0.25) is 0 Å². The number of allylic oxidation sites excluding steroid dienone is 1. The summed E-state index contributed by atoms with van der Waals surface area (Å²) in [6, 6.07) is 19.1. The minimum absolute atomic E-state index is 0.153. The molecule has 0 aromatic heterocycles. The second kappa shape index (κ2) is 8.20. The molecule has 0 saturated carbocycles. The number of rotatable bonds is 6. The first kappa shape index (κ1) is 16.8. The van der Waals surface area contributed by atoms with E-state index in [1.54, 1.807) is 11.8 Å². The normalized spacial score (nSPS) is 17.3. The highest BCUT2D eigenvalue weighted by atomic mass is 32.2. The molecule has 2 nitrogen and oxygen atoms in total. The smallest absolute Gasteiger partial charge is 0.332 e. The van der Waals surface area contributed by atoms with E-state index < -0.39 is 5.97 Å². The largest absolute Gasteiger partial charge is 0.478 e. The lowest BCUT2D eigenvalue weighted by atomic mass is 9.99. The van der Waals surface area contributed by atoms with Crippen LogP contribution in [-0.2, 0) is 11.2 Å². The highest BCUT2D eigenvalue weighted by Gasteiger charge is 2.23. The van der Waals surface area contributed by atoms with Crippen molar-refractivity contribution in [3.63, 3.8) is 0 Å². The second-order valence-electron chi connectivity index (χ2n) is 6.07. The lowest BCUT2D eigenvalue weighted by Crippen LogP contribution is -2.18. The minimum atomic E-state index is -0.751. The van der Waals surface area contributed by atoms with E-state index in [4.69, 9.17) is 0 Å². The van der Waals surface area contributed by atoms with Crippen LogP contribution < -0.4 is 0 Å². The van der Waals surface area contributed by atoms with Gasteiger partial charge in [0, 0.05) is 10.8 Å². The van der Waals surface area contributed by atoms with Gasteiger partial charge in [-0.1, -0.05) is 60.7 Å². The highest BCUT2D eigenvalue weighted by Crippen LogP contribution is 2.30. The zero-order chi connectivity index (χ0) is 16.8. The first-order chi connectivity index (χ1) is 11.7. The summed E-state index contributed by atoms with van der Waals surface area (Å²) in [6.07, 6.45) is 5.86. The maximum absolute atomic E-state index is 11.3. The Morgan fingerprint density at radius 3 is 2.46 bits per heavy atom. The van der Waals surface area contributed by atoms with Crippen LogP contribution in [0.2, 0.25) is 0 Å². The van der Waals surface area contributed by atoms with Crippen LogP contribution in [0.15, 0.2) is 66.2 Å². The maximum atomic E-state index is 11.3. The zero-order valence-corrected chi connectivity index (χ0v) is 14.5. The van der Waals surface area contributed by atoms with Crippen LogP contribution in [0, 0.1) is 0 Å². The molecule has 124 valence electrons. The van der Waals surface area contributed by atoms with Gasteiger partial charge in [0.15, 0.2) is 0 Å². The number of benzene rings is 2. The third kappa shape index (κ3) is 4.30. The Hall–Kier alpha value is -2.00. The molecule has 0 radical (unpaired) electrons. The Labute approximate surface area is 147 Å². The van der Waals surface area contributed by atoms with E-state index in [-0.39, 0.29) is 5.25 Å². The fraction of sp³-hybridized carbons (Fsp3) is 0.286. The van der Waals surface area contributed by atoms with Crippen LogP contribution in [0.3, 0.4) is 0 Å². The van der Waals surface area contributed by atoms with Crippen molar-refractivity contribution in [1.82, 2.24) is 0 Å². The van der Waals surface area contributed by atoms with Gasteiger partial charge in [-0.15, -0.1) is 0 Å². The van der Waals surface area contributed by atoms with Crippen LogP contribution in [-0.4, -0.2) is 22.1 Å². The molecule has 0 bridgehead atoms. The average molecular weight is 338 g/mol. The van der Waals surface area contributed by atoms with Crippen molar-refractivity contribution in [3.8, 4) is 11.1 Å². The molecule has 0 saturated heterocycles. The van der Waals surface area contributed by atoms with Crippen molar-refractivity contribution in [2.45, 2.75) is 30.9 Å². The van der Waals surface area contributed by atoms with Crippen molar-refractivity contribution in [2.24, 2.45) is 0 Å².